The Hall–Kier alpha value is -7.84. The van der Waals surface area contributed by atoms with Crippen molar-refractivity contribution in [2.45, 2.75) is 0 Å². The fourth-order valence-electron chi connectivity index (χ4n) is 7.52. The maximum atomic E-state index is 6.65. The highest BCUT2D eigenvalue weighted by atomic mass is 16.4. The maximum absolute atomic E-state index is 6.65. The number of aromatic nitrogens is 6. The lowest BCUT2D eigenvalue weighted by Crippen LogP contribution is -2.00. The molecule has 5 heterocycles. The van der Waals surface area contributed by atoms with Crippen molar-refractivity contribution in [2.75, 3.05) is 0 Å². The van der Waals surface area contributed by atoms with Crippen molar-refractivity contribution in [1.82, 2.24) is 29.9 Å². The molecule has 0 atom stereocenters. The van der Waals surface area contributed by atoms with Gasteiger partial charge in [0.25, 0.3) is 0 Å². The molecule has 0 bridgehead atoms. The van der Waals surface area contributed by atoms with E-state index in [2.05, 4.69) is 82.8 Å². The zero-order chi connectivity index (χ0) is 37.0. The summed E-state index contributed by atoms with van der Waals surface area (Å²) in [6, 6.07) is 49.0. The van der Waals surface area contributed by atoms with Crippen LogP contribution in [0.4, 0.5) is 0 Å². The van der Waals surface area contributed by atoms with Crippen LogP contribution in [0.5, 0.6) is 0 Å². The van der Waals surface area contributed by atoms with Gasteiger partial charge in [-0.05, 0) is 76.0 Å². The molecule has 0 amide bonds. The predicted molar refractivity (Wildman–Crippen MR) is 220 cm³/mol. The molecule has 0 saturated heterocycles. The lowest BCUT2D eigenvalue weighted by molar-refractivity contribution is 0.620. The topological polar surface area (TPSA) is 104 Å². The molecule has 8 nitrogen and oxygen atoms in total. The average Bonchev–Trinajstić information content (AvgIpc) is 3.88. The van der Waals surface area contributed by atoms with Crippen LogP contribution in [-0.4, -0.2) is 29.9 Å². The molecule has 262 valence electrons. The summed E-state index contributed by atoms with van der Waals surface area (Å²) in [5, 5.41) is 4.19. The molecule has 0 N–H and O–H groups in total. The summed E-state index contributed by atoms with van der Waals surface area (Å²) in [5.41, 5.74) is 10.5. The first-order valence-corrected chi connectivity index (χ1v) is 18.3. The molecule has 0 spiro atoms. The highest BCUT2D eigenvalue weighted by molar-refractivity contribution is 6.20. The summed E-state index contributed by atoms with van der Waals surface area (Å²) in [5.74, 6) is 2.22. The van der Waals surface area contributed by atoms with Crippen LogP contribution in [0.25, 0.3) is 112 Å². The summed E-state index contributed by atoms with van der Waals surface area (Å²) in [4.78, 5) is 28.2. The van der Waals surface area contributed by atoms with E-state index in [1.54, 1.807) is 24.8 Å². The molecule has 11 aromatic rings. The zero-order valence-electron chi connectivity index (χ0n) is 29.7. The second-order valence-corrected chi connectivity index (χ2v) is 13.5. The molecule has 0 radical (unpaired) electrons. The highest BCUT2D eigenvalue weighted by Gasteiger charge is 2.23. The number of pyridine rings is 2. The van der Waals surface area contributed by atoms with Crippen LogP contribution in [0.1, 0.15) is 0 Å². The van der Waals surface area contributed by atoms with Crippen LogP contribution < -0.4 is 0 Å². The van der Waals surface area contributed by atoms with Gasteiger partial charge in [-0.25, -0.2) is 19.9 Å². The van der Waals surface area contributed by atoms with Crippen molar-refractivity contribution in [3.8, 4) is 67.9 Å². The number of furan rings is 1. The number of nitrogens with zero attached hydrogens (tertiary/aromatic N) is 6. The second kappa shape index (κ2) is 12.9. The summed E-state index contributed by atoms with van der Waals surface area (Å²) in [6.07, 6.45) is 6.99. The molecular formula is C48H28N6O2. The summed E-state index contributed by atoms with van der Waals surface area (Å²) in [7, 11) is 0. The normalized spacial score (nSPS) is 11.6. The Morgan fingerprint density at radius 1 is 0.375 bits per heavy atom. The van der Waals surface area contributed by atoms with Gasteiger partial charge in [0, 0.05) is 57.8 Å². The minimum absolute atomic E-state index is 0.546. The number of benzene rings is 6. The largest absolute Gasteiger partial charge is 0.455 e. The molecule has 0 aliphatic rings. The van der Waals surface area contributed by atoms with Crippen LogP contribution in [0.15, 0.2) is 179 Å². The minimum atomic E-state index is 0.546. The molecule has 8 heteroatoms. The third kappa shape index (κ3) is 5.31. The van der Waals surface area contributed by atoms with E-state index in [1.165, 1.54) is 0 Å². The van der Waals surface area contributed by atoms with Crippen LogP contribution >= 0.6 is 0 Å². The van der Waals surface area contributed by atoms with Crippen molar-refractivity contribution < 1.29 is 8.83 Å². The number of para-hydroxylation sites is 1. The van der Waals surface area contributed by atoms with Crippen LogP contribution in [0.2, 0.25) is 0 Å². The Labute approximate surface area is 319 Å². The monoisotopic (exact) mass is 720 g/mol. The number of oxazole rings is 1. The first-order chi connectivity index (χ1) is 27.7. The van der Waals surface area contributed by atoms with Gasteiger partial charge in [-0.3, -0.25) is 9.97 Å². The second-order valence-electron chi connectivity index (χ2n) is 13.5. The molecule has 11 rings (SSSR count). The van der Waals surface area contributed by atoms with Crippen molar-refractivity contribution in [1.29, 1.82) is 0 Å². The molecule has 56 heavy (non-hydrogen) atoms. The van der Waals surface area contributed by atoms with E-state index in [0.717, 1.165) is 82.7 Å². The van der Waals surface area contributed by atoms with E-state index in [-0.39, 0.29) is 0 Å². The molecule has 0 unspecified atom stereocenters. The van der Waals surface area contributed by atoms with Gasteiger partial charge < -0.3 is 8.83 Å². The standard InChI is InChI=1S/C48H28N6O2/c1-2-10-31(11-3-1)48-51-43-41(56-48)26-39-37-16-6-7-17-40(37)55-44(39)42(43)38-23-22-34(35-14-4-5-15-36(35)38)29-18-20-30(21-19-29)45-52-46(32-12-8-24-49-27-32)54-47(53-45)33-13-9-25-50-28-33/h1-28H. The fraction of sp³-hybridized carbons (Fsp3) is 0. The van der Waals surface area contributed by atoms with Crippen molar-refractivity contribution in [2.24, 2.45) is 0 Å². The van der Waals surface area contributed by atoms with Crippen molar-refractivity contribution >= 4 is 43.8 Å². The van der Waals surface area contributed by atoms with E-state index in [1.807, 2.05) is 72.8 Å². The summed E-state index contributed by atoms with van der Waals surface area (Å²) < 4.78 is 13.1. The maximum Gasteiger partial charge on any atom is 0.227 e. The van der Waals surface area contributed by atoms with Gasteiger partial charge in [-0.2, -0.15) is 0 Å². The molecule has 0 aliphatic heterocycles. The number of hydrogen-bond acceptors (Lipinski definition) is 8. The van der Waals surface area contributed by atoms with E-state index < -0.39 is 0 Å². The highest BCUT2D eigenvalue weighted by Crippen LogP contribution is 2.45. The van der Waals surface area contributed by atoms with Crippen LogP contribution in [-0.2, 0) is 0 Å². The van der Waals surface area contributed by atoms with Gasteiger partial charge in [0.2, 0.25) is 5.89 Å². The third-order valence-electron chi connectivity index (χ3n) is 10.2. The Balaban J connectivity index is 1.06. The van der Waals surface area contributed by atoms with Gasteiger partial charge in [0.1, 0.15) is 16.7 Å². The van der Waals surface area contributed by atoms with Crippen LogP contribution in [0, 0.1) is 0 Å². The van der Waals surface area contributed by atoms with Crippen molar-refractivity contribution in [3.05, 3.63) is 170 Å². The number of hydrogen-bond donors (Lipinski definition) is 0. The quantitative estimate of drug-likeness (QED) is 0.167. The van der Waals surface area contributed by atoms with Gasteiger partial charge in [-0.15, -0.1) is 0 Å². The molecular weight excluding hydrogens is 693 g/mol. The van der Waals surface area contributed by atoms with Crippen LogP contribution in [0.3, 0.4) is 0 Å². The minimum Gasteiger partial charge on any atom is -0.455 e. The van der Waals surface area contributed by atoms with E-state index in [0.29, 0.717) is 28.9 Å². The lowest BCUT2D eigenvalue weighted by atomic mass is 9.90. The third-order valence-corrected chi connectivity index (χ3v) is 10.2. The first kappa shape index (κ1) is 31.7. The Morgan fingerprint density at radius 3 is 1.62 bits per heavy atom. The molecule has 0 fully saturated rings. The lowest BCUT2D eigenvalue weighted by Gasteiger charge is -2.13. The number of fused-ring (bicyclic) bond motifs is 5. The average molecular weight is 721 g/mol. The summed E-state index contributed by atoms with van der Waals surface area (Å²) in [6.45, 7) is 0. The van der Waals surface area contributed by atoms with E-state index in [4.69, 9.17) is 28.8 Å². The molecule has 6 aromatic carbocycles. The first-order valence-electron chi connectivity index (χ1n) is 18.3. The fourth-order valence-corrected chi connectivity index (χ4v) is 7.52. The Bertz CT molecular complexity index is 3180. The van der Waals surface area contributed by atoms with E-state index >= 15 is 0 Å². The van der Waals surface area contributed by atoms with Gasteiger partial charge >= 0.3 is 0 Å². The predicted octanol–water partition coefficient (Wildman–Crippen LogP) is 11.9. The van der Waals surface area contributed by atoms with Crippen molar-refractivity contribution in [3.63, 3.8) is 0 Å². The smallest absolute Gasteiger partial charge is 0.227 e. The van der Waals surface area contributed by atoms with E-state index in [9.17, 15) is 0 Å². The van der Waals surface area contributed by atoms with Gasteiger partial charge in [0.15, 0.2) is 23.1 Å². The molecule has 0 saturated carbocycles. The SMILES string of the molecule is c1ccc(-c2nc3c(-c4ccc(-c5ccc(-c6nc(-c7cccnc7)nc(-c7cccnc7)n6)cc5)c5ccccc45)c4oc5ccccc5c4cc3o2)cc1. The summed E-state index contributed by atoms with van der Waals surface area (Å²) >= 11 is 0. The number of rotatable bonds is 6. The van der Waals surface area contributed by atoms with Gasteiger partial charge in [-0.1, -0.05) is 97.1 Å². The zero-order valence-corrected chi connectivity index (χ0v) is 29.7. The molecule has 5 aromatic heterocycles. The Kier molecular flexibility index (Phi) is 7.31. The Morgan fingerprint density at radius 2 is 0.946 bits per heavy atom. The van der Waals surface area contributed by atoms with Gasteiger partial charge in [0.05, 0.1) is 5.56 Å². The molecule has 0 aliphatic carbocycles.